The fourth-order valence-corrected chi connectivity index (χ4v) is 2.11. The minimum atomic E-state index is -1.36. The Bertz CT molecular complexity index is 327. The number of esters is 1. The summed E-state index contributed by atoms with van der Waals surface area (Å²) >= 11 is 0. The lowest BCUT2D eigenvalue weighted by Gasteiger charge is -2.14. The summed E-state index contributed by atoms with van der Waals surface area (Å²) in [6, 6.07) is 3.69. The standard InChI is InChI=1S/C10H15NO2Si/c1-13-10(12)8-5-6-9(11-7-8)14(2,3)4/h5-7H,1-4H3. The van der Waals surface area contributed by atoms with Crippen LogP contribution in [0.3, 0.4) is 0 Å². The summed E-state index contributed by atoms with van der Waals surface area (Å²) in [6.07, 6.45) is 1.58. The van der Waals surface area contributed by atoms with Crippen molar-refractivity contribution in [2.24, 2.45) is 0 Å². The molecule has 1 aromatic rings. The predicted octanol–water partition coefficient (Wildman–Crippen LogP) is 1.41. The maximum Gasteiger partial charge on any atom is 0.339 e. The number of nitrogens with zero attached hydrogens (tertiary/aromatic N) is 1. The van der Waals surface area contributed by atoms with Gasteiger partial charge in [-0.05, 0) is 12.1 Å². The number of aromatic nitrogens is 1. The van der Waals surface area contributed by atoms with Gasteiger partial charge in [0.05, 0.1) is 12.7 Å². The maximum absolute atomic E-state index is 11.1. The number of hydrogen-bond acceptors (Lipinski definition) is 3. The molecule has 0 saturated carbocycles. The van der Waals surface area contributed by atoms with Crippen molar-refractivity contribution in [3.8, 4) is 0 Å². The summed E-state index contributed by atoms with van der Waals surface area (Å²) in [5.41, 5.74) is 0.509. The van der Waals surface area contributed by atoms with Gasteiger partial charge in [0.15, 0.2) is 0 Å². The van der Waals surface area contributed by atoms with Crippen molar-refractivity contribution < 1.29 is 9.53 Å². The van der Waals surface area contributed by atoms with Gasteiger partial charge in [-0.2, -0.15) is 0 Å². The van der Waals surface area contributed by atoms with Crippen LogP contribution in [0.15, 0.2) is 18.3 Å². The van der Waals surface area contributed by atoms with E-state index >= 15 is 0 Å². The van der Waals surface area contributed by atoms with Crippen LogP contribution in [0.25, 0.3) is 0 Å². The van der Waals surface area contributed by atoms with Gasteiger partial charge in [-0.15, -0.1) is 0 Å². The van der Waals surface area contributed by atoms with Crippen molar-refractivity contribution in [2.45, 2.75) is 19.6 Å². The Kier molecular flexibility index (Phi) is 3.05. The molecule has 1 aromatic heterocycles. The minimum Gasteiger partial charge on any atom is -0.465 e. The summed E-state index contributed by atoms with van der Waals surface area (Å²) in [7, 11) is 0.00535. The van der Waals surface area contributed by atoms with Gasteiger partial charge in [0.25, 0.3) is 0 Å². The number of rotatable bonds is 2. The van der Waals surface area contributed by atoms with Crippen molar-refractivity contribution >= 4 is 19.4 Å². The minimum absolute atomic E-state index is 0.334. The SMILES string of the molecule is COC(=O)c1ccc([Si](C)(C)C)nc1. The van der Waals surface area contributed by atoms with E-state index in [1.165, 1.54) is 7.11 Å². The number of hydrogen-bond donors (Lipinski definition) is 0. The lowest BCUT2D eigenvalue weighted by Crippen LogP contribution is -2.39. The highest BCUT2D eigenvalue weighted by molar-refractivity contribution is 6.88. The Hall–Kier alpha value is -1.16. The molecule has 0 spiro atoms. The van der Waals surface area contributed by atoms with E-state index in [9.17, 15) is 4.79 Å². The molecular weight excluding hydrogens is 194 g/mol. The molecule has 0 radical (unpaired) electrons. The summed E-state index contributed by atoms with van der Waals surface area (Å²) in [6.45, 7) is 6.65. The van der Waals surface area contributed by atoms with Gasteiger partial charge in [-0.3, -0.25) is 4.98 Å². The van der Waals surface area contributed by atoms with Crippen LogP contribution in [0.5, 0.6) is 0 Å². The monoisotopic (exact) mass is 209 g/mol. The molecule has 0 amide bonds. The highest BCUT2D eigenvalue weighted by atomic mass is 28.3. The molecule has 0 unspecified atom stereocenters. The zero-order valence-corrected chi connectivity index (χ0v) is 10.00. The maximum atomic E-state index is 11.1. The quantitative estimate of drug-likeness (QED) is 0.546. The van der Waals surface area contributed by atoms with Crippen LogP contribution < -0.4 is 5.32 Å². The summed E-state index contributed by atoms with van der Waals surface area (Å²) in [5, 5.41) is 1.10. The molecule has 0 fully saturated rings. The number of ether oxygens (including phenoxy) is 1. The van der Waals surface area contributed by atoms with Crippen molar-refractivity contribution in [3.63, 3.8) is 0 Å². The molecule has 14 heavy (non-hydrogen) atoms. The van der Waals surface area contributed by atoms with Gasteiger partial charge >= 0.3 is 5.97 Å². The van der Waals surface area contributed by atoms with Gasteiger partial charge in [-0.25, -0.2) is 4.79 Å². The number of methoxy groups -OCH3 is 1. The normalized spacial score (nSPS) is 11.1. The lowest BCUT2D eigenvalue weighted by molar-refractivity contribution is 0.0600. The van der Waals surface area contributed by atoms with Gasteiger partial charge in [-0.1, -0.05) is 19.6 Å². The Balaban J connectivity index is 2.95. The molecule has 3 nitrogen and oxygen atoms in total. The third-order valence-corrected chi connectivity index (χ3v) is 3.79. The van der Waals surface area contributed by atoms with E-state index in [0.29, 0.717) is 5.56 Å². The van der Waals surface area contributed by atoms with E-state index in [4.69, 9.17) is 0 Å². The topological polar surface area (TPSA) is 39.2 Å². The second-order valence-corrected chi connectivity index (χ2v) is 9.19. The molecule has 0 N–H and O–H groups in total. The average Bonchev–Trinajstić information content (AvgIpc) is 2.15. The Morgan fingerprint density at radius 3 is 2.36 bits per heavy atom. The van der Waals surface area contributed by atoms with Crippen LogP contribution in [0, 0.1) is 0 Å². The third-order valence-electron chi connectivity index (χ3n) is 1.95. The van der Waals surface area contributed by atoms with Crippen molar-refractivity contribution in [3.05, 3.63) is 23.9 Å². The van der Waals surface area contributed by atoms with Crippen molar-refractivity contribution in [1.82, 2.24) is 4.98 Å². The molecule has 4 heteroatoms. The summed E-state index contributed by atoms with van der Waals surface area (Å²) in [4.78, 5) is 15.4. The molecule has 0 aliphatic heterocycles. The molecule has 0 atom stereocenters. The summed E-state index contributed by atoms with van der Waals surface area (Å²) < 4.78 is 4.59. The van der Waals surface area contributed by atoms with E-state index in [1.54, 1.807) is 12.3 Å². The molecular formula is C10H15NO2Si. The first kappa shape index (κ1) is 10.9. The molecule has 0 aliphatic carbocycles. The Labute approximate surface area is 85.1 Å². The first-order chi connectivity index (χ1) is 6.45. The fourth-order valence-electron chi connectivity index (χ4n) is 1.08. The van der Waals surface area contributed by atoms with Gasteiger partial charge < -0.3 is 4.74 Å². The zero-order chi connectivity index (χ0) is 10.8. The zero-order valence-electron chi connectivity index (χ0n) is 9.00. The molecule has 1 heterocycles. The van der Waals surface area contributed by atoms with Crippen LogP contribution in [0.4, 0.5) is 0 Å². The molecule has 0 aromatic carbocycles. The third kappa shape index (κ3) is 2.42. The van der Waals surface area contributed by atoms with E-state index in [0.717, 1.165) is 5.32 Å². The molecule has 0 saturated heterocycles. The smallest absolute Gasteiger partial charge is 0.339 e. The highest BCUT2D eigenvalue weighted by Gasteiger charge is 2.18. The largest absolute Gasteiger partial charge is 0.465 e. The highest BCUT2D eigenvalue weighted by Crippen LogP contribution is 2.02. The molecule has 1 rings (SSSR count). The Morgan fingerprint density at radius 2 is 2.00 bits per heavy atom. The second-order valence-electron chi connectivity index (χ2n) is 4.17. The average molecular weight is 209 g/mol. The van der Waals surface area contributed by atoms with Crippen LogP contribution in [-0.2, 0) is 4.74 Å². The summed E-state index contributed by atoms with van der Waals surface area (Å²) in [5.74, 6) is -0.334. The first-order valence-electron chi connectivity index (χ1n) is 4.50. The lowest BCUT2D eigenvalue weighted by atomic mass is 10.3. The first-order valence-corrected chi connectivity index (χ1v) is 8.00. The van der Waals surface area contributed by atoms with Crippen molar-refractivity contribution in [1.29, 1.82) is 0 Å². The van der Waals surface area contributed by atoms with Crippen LogP contribution in [-0.4, -0.2) is 26.1 Å². The predicted molar refractivity (Wildman–Crippen MR) is 58.6 cm³/mol. The van der Waals surface area contributed by atoms with Gasteiger partial charge in [0.2, 0.25) is 0 Å². The number of pyridine rings is 1. The second kappa shape index (κ2) is 3.92. The number of carbonyl (C=O) groups excluding carboxylic acids is 1. The van der Waals surface area contributed by atoms with Gasteiger partial charge in [0.1, 0.15) is 8.07 Å². The molecule has 0 aliphatic rings. The van der Waals surface area contributed by atoms with E-state index < -0.39 is 8.07 Å². The fraction of sp³-hybridized carbons (Fsp3) is 0.400. The number of carbonyl (C=O) groups is 1. The van der Waals surface area contributed by atoms with Crippen LogP contribution in [0.1, 0.15) is 10.4 Å². The van der Waals surface area contributed by atoms with Crippen LogP contribution >= 0.6 is 0 Å². The van der Waals surface area contributed by atoms with E-state index in [-0.39, 0.29) is 5.97 Å². The van der Waals surface area contributed by atoms with E-state index in [1.807, 2.05) is 6.07 Å². The Morgan fingerprint density at radius 1 is 1.36 bits per heavy atom. The van der Waals surface area contributed by atoms with E-state index in [2.05, 4.69) is 29.4 Å². The van der Waals surface area contributed by atoms with Gasteiger partial charge in [0, 0.05) is 11.5 Å². The molecule has 0 bridgehead atoms. The van der Waals surface area contributed by atoms with Crippen molar-refractivity contribution in [2.75, 3.05) is 7.11 Å². The molecule has 76 valence electrons. The van der Waals surface area contributed by atoms with Crippen LogP contribution in [0.2, 0.25) is 19.6 Å².